The van der Waals surface area contributed by atoms with Gasteiger partial charge in [-0.05, 0) is 42.5 Å². The minimum atomic E-state index is -3.72. The summed E-state index contributed by atoms with van der Waals surface area (Å²) in [7, 11) is -3.72. The first kappa shape index (κ1) is 14.6. The Balaban J connectivity index is 1.63. The summed E-state index contributed by atoms with van der Waals surface area (Å²) in [6, 6.07) is 15.5. The van der Waals surface area contributed by atoms with E-state index in [1.165, 1.54) is 12.1 Å². The Bertz CT molecular complexity index is 982. The van der Waals surface area contributed by atoms with Crippen molar-refractivity contribution in [2.24, 2.45) is 0 Å². The van der Waals surface area contributed by atoms with Crippen molar-refractivity contribution in [3.05, 3.63) is 67.0 Å². The van der Waals surface area contributed by atoms with Crippen molar-refractivity contribution in [3.8, 4) is 17.2 Å². The van der Waals surface area contributed by atoms with Gasteiger partial charge in [0.25, 0.3) is 10.0 Å². The Morgan fingerprint density at radius 2 is 1.71 bits per heavy atom. The van der Waals surface area contributed by atoms with Gasteiger partial charge in [0.2, 0.25) is 6.79 Å². The fourth-order valence-corrected chi connectivity index (χ4v) is 3.56. The molecular formula is C17H14N2O4S. The fraction of sp³-hybridized carbons (Fsp3) is 0.0588. The number of sulfonamides is 1. The summed E-state index contributed by atoms with van der Waals surface area (Å²) >= 11 is 0. The molecule has 0 fully saturated rings. The number of aromatic nitrogens is 1. The van der Waals surface area contributed by atoms with Crippen LogP contribution in [0.4, 0.5) is 5.69 Å². The van der Waals surface area contributed by atoms with Gasteiger partial charge in [0, 0.05) is 24.1 Å². The van der Waals surface area contributed by atoms with Gasteiger partial charge in [-0.2, -0.15) is 0 Å². The molecule has 122 valence electrons. The van der Waals surface area contributed by atoms with E-state index in [1.807, 2.05) is 35.2 Å². The van der Waals surface area contributed by atoms with E-state index >= 15 is 0 Å². The Hall–Kier alpha value is -2.93. The lowest BCUT2D eigenvalue weighted by molar-refractivity contribution is 0.174. The Labute approximate surface area is 139 Å². The molecule has 0 unspecified atom stereocenters. The smallest absolute Gasteiger partial charge is 0.262 e. The molecule has 7 heteroatoms. The third-order valence-corrected chi connectivity index (χ3v) is 5.03. The van der Waals surface area contributed by atoms with Crippen molar-refractivity contribution in [2.75, 3.05) is 11.5 Å². The summed E-state index contributed by atoms with van der Waals surface area (Å²) < 4.78 is 40.1. The second-order valence-electron chi connectivity index (χ2n) is 5.26. The predicted octanol–water partition coefficient (Wildman–Crippen LogP) is 3.01. The predicted molar refractivity (Wildman–Crippen MR) is 89.1 cm³/mol. The van der Waals surface area contributed by atoms with E-state index in [2.05, 4.69) is 4.72 Å². The molecule has 0 spiro atoms. The average Bonchev–Trinajstić information content (AvgIpc) is 3.25. The molecule has 0 aliphatic carbocycles. The Morgan fingerprint density at radius 1 is 0.917 bits per heavy atom. The van der Waals surface area contributed by atoms with Gasteiger partial charge >= 0.3 is 0 Å². The lowest BCUT2D eigenvalue weighted by atomic mass is 10.3. The number of ether oxygens (including phenoxy) is 2. The average molecular weight is 342 g/mol. The number of fused-ring (bicyclic) bond motifs is 1. The Kier molecular flexibility index (Phi) is 3.42. The summed E-state index contributed by atoms with van der Waals surface area (Å²) in [4.78, 5) is 0.123. The first-order valence-electron chi connectivity index (χ1n) is 7.28. The van der Waals surface area contributed by atoms with Crippen molar-refractivity contribution in [3.63, 3.8) is 0 Å². The first-order chi connectivity index (χ1) is 11.6. The first-order valence-corrected chi connectivity index (χ1v) is 8.76. The van der Waals surface area contributed by atoms with Crippen LogP contribution in [0.3, 0.4) is 0 Å². The number of hydrogen-bond acceptors (Lipinski definition) is 4. The molecule has 0 radical (unpaired) electrons. The summed E-state index contributed by atoms with van der Waals surface area (Å²) in [5.74, 6) is 0.975. The van der Waals surface area contributed by atoms with Gasteiger partial charge in [0.15, 0.2) is 11.5 Å². The van der Waals surface area contributed by atoms with Gasteiger partial charge in [-0.15, -0.1) is 0 Å². The molecule has 1 N–H and O–H groups in total. The molecular weight excluding hydrogens is 328 g/mol. The maximum absolute atomic E-state index is 12.6. The lowest BCUT2D eigenvalue weighted by Gasteiger charge is -2.10. The van der Waals surface area contributed by atoms with Crippen LogP contribution in [0.2, 0.25) is 0 Å². The SMILES string of the molecule is O=S(=O)(Nc1cccc(-n2cccc2)c1)c1ccc2c(c1)OCO2. The van der Waals surface area contributed by atoms with Crippen LogP contribution in [-0.2, 0) is 10.0 Å². The monoisotopic (exact) mass is 342 g/mol. The van der Waals surface area contributed by atoms with Crippen LogP contribution < -0.4 is 14.2 Å². The minimum absolute atomic E-state index is 0.102. The van der Waals surface area contributed by atoms with Crippen LogP contribution in [0.25, 0.3) is 5.69 Å². The summed E-state index contributed by atoms with van der Waals surface area (Å²) in [5, 5.41) is 0. The highest BCUT2D eigenvalue weighted by molar-refractivity contribution is 7.92. The third kappa shape index (κ3) is 2.69. The van der Waals surface area contributed by atoms with Gasteiger partial charge in [-0.1, -0.05) is 6.07 Å². The normalized spacial score (nSPS) is 13.0. The van der Waals surface area contributed by atoms with Gasteiger partial charge in [0.1, 0.15) is 0 Å². The van der Waals surface area contributed by atoms with Gasteiger partial charge in [0.05, 0.1) is 10.6 Å². The van der Waals surface area contributed by atoms with E-state index in [1.54, 1.807) is 24.3 Å². The lowest BCUT2D eigenvalue weighted by Crippen LogP contribution is -2.13. The number of hydrogen-bond donors (Lipinski definition) is 1. The maximum atomic E-state index is 12.6. The zero-order chi connectivity index (χ0) is 16.6. The van der Waals surface area contributed by atoms with E-state index in [0.29, 0.717) is 17.2 Å². The standard InChI is InChI=1S/C17H14N2O4S/c20-24(21,15-6-7-16-17(11-15)23-12-22-16)18-13-4-3-5-14(10-13)19-8-1-2-9-19/h1-11,18H,12H2. The Morgan fingerprint density at radius 3 is 2.54 bits per heavy atom. The molecule has 1 aromatic heterocycles. The van der Waals surface area contributed by atoms with Crippen molar-refractivity contribution in [1.29, 1.82) is 0 Å². The van der Waals surface area contributed by atoms with Crippen LogP contribution in [0.15, 0.2) is 71.9 Å². The van der Waals surface area contributed by atoms with Gasteiger partial charge in [-0.3, -0.25) is 4.72 Å². The highest BCUT2D eigenvalue weighted by atomic mass is 32.2. The quantitative estimate of drug-likeness (QED) is 0.791. The molecule has 0 saturated heterocycles. The van der Waals surface area contributed by atoms with Gasteiger partial charge < -0.3 is 14.0 Å². The van der Waals surface area contributed by atoms with E-state index < -0.39 is 10.0 Å². The molecule has 1 aliphatic rings. The molecule has 3 aromatic rings. The van der Waals surface area contributed by atoms with Crippen LogP contribution in [0, 0.1) is 0 Å². The number of rotatable bonds is 4. The highest BCUT2D eigenvalue weighted by Crippen LogP contribution is 2.34. The highest BCUT2D eigenvalue weighted by Gasteiger charge is 2.20. The van der Waals surface area contributed by atoms with Crippen molar-refractivity contribution in [1.82, 2.24) is 4.57 Å². The second kappa shape index (κ2) is 5.61. The minimum Gasteiger partial charge on any atom is -0.454 e. The van der Waals surface area contributed by atoms with Crippen LogP contribution >= 0.6 is 0 Å². The third-order valence-electron chi connectivity index (χ3n) is 3.66. The van der Waals surface area contributed by atoms with Gasteiger partial charge in [-0.25, -0.2) is 8.42 Å². The molecule has 0 bridgehead atoms. The number of nitrogens with zero attached hydrogens (tertiary/aromatic N) is 1. The largest absolute Gasteiger partial charge is 0.454 e. The molecule has 2 heterocycles. The van der Waals surface area contributed by atoms with Crippen LogP contribution in [0.5, 0.6) is 11.5 Å². The number of benzene rings is 2. The van der Waals surface area contributed by atoms with Crippen molar-refractivity contribution < 1.29 is 17.9 Å². The van der Waals surface area contributed by atoms with Crippen molar-refractivity contribution in [2.45, 2.75) is 4.90 Å². The number of anilines is 1. The topological polar surface area (TPSA) is 69.6 Å². The van der Waals surface area contributed by atoms with E-state index in [4.69, 9.17) is 9.47 Å². The zero-order valence-electron chi connectivity index (χ0n) is 12.5. The second-order valence-corrected chi connectivity index (χ2v) is 6.94. The molecule has 2 aromatic carbocycles. The van der Waals surface area contributed by atoms with Crippen molar-refractivity contribution >= 4 is 15.7 Å². The number of nitrogens with one attached hydrogen (secondary N) is 1. The molecule has 4 rings (SSSR count). The summed E-state index contributed by atoms with van der Waals surface area (Å²) in [5.41, 5.74) is 1.35. The fourth-order valence-electron chi connectivity index (χ4n) is 2.49. The maximum Gasteiger partial charge on any atom is 0.262 e. The van der Waals surface area contributed by atoms with Crippen LogP contribution in [-0.4, -0.2) is 19.8 Å². The molecule has 0 amide bonds. The van der Waals surface area contributed by atoms with E-state index in [0.717, 1.165) is 5.69 Å². The molecule has 0 atom stereocenters. The molecule has 1 aliphatic heterocycles. The molecule has 24 heavy (non-hydrogen) atoms. The van der Waals surface area contributed by atoms with E-state index in [9.17, 15) is 8.42 Å². The molecule has 6 nitrogen and oxygen atoms in total. The van der Waals surface area contributed by atoms with Crippen LogP contribution in [0.1, 0.15) is 0 Å². The summed E-state index contributed by atoms with van der Waals surface area (Å²) in [6.45, 7) is 0.102. The molecule has 0 saturated carbocycles. The zero-order valence-corrected chi connectivity index (χ0v) is 13.4. The summed E-state index contributed by atoms with van der Waals surface area (Å²) in [6.07, 6.45) is 3.79. The van der Waals surface area contributed by atoms with E-state index in [-0.39, 0.29) is 11.7 Å².